The topological polar surface area (TPSA) is 78.1 Å². The fourth-order valence-electron chi connectivity index (χ4n) is 6.38. The Morgan fingerprint density at radius 2 is 0.436 bits per heavy atom. The number of rotatable bonds is 3. The molecule has 39 heavy (non-hydrogen) atoms. The Hall–Kier alpha value is -3.72. The number of anilines is 3. The minimum absolute atomic E-state index is 0.887. The van der Waals surface area contributed by atoms with Gasteiger partial charge in [0, 0.05) is 17.1 Å². The summed E-state index contributed by atoms with van der Waals surface area (Å²) < 4.78 is 0. The highest BCUT2D eigenvalue weighted by atomic mass is 14.6. The molecule has 3 nitrogen and oxygen atoms in total. The maximum Gasteiger partial charge on any atom is 0.0379 e. The molecule has 4 aromatic carbocycles. The first-order chi connectivity index (χ1) is 18.1. The van der Waals surface area contributed by atoms with Crippen molar-refractivity contribution in [3.63, 3.8) is 0 Å². The van der Waals surface area contributed by atoms with E-state index in [1.54, 1.807) is 0 Å². The summed E-state index contributed by atoms with van der Waals surface area (Å²) in [4.78, 5) is 0. The second kappa shape index (κ2) is 9.79. The lowest BCUT2D eigenvalue weighted by atomic mass is 9.81. The van der Waals surface area contributed by atoms with Crippen LogP contribution in [0, 0.1) is 83.1 Å². The van der Waals surface area contributed by atoms with Gasteiger partial charge in [0.15, 0.2) is 0 Å². The summed E-state index contributed by atoms with van der Waals surface area (Å²) in [7, 11) is 0. The van der Waals surface area contributed by atoms with Crippen LogP contribution in [-0.4, -0.2) is 0 Å². The Balaban J connectivity index is 2.22. The lowest BCUT2D eigenvalue weighted by molar-refractivity contribution is 1.24. The average molecular weight is 520 g/mol. The second-order valence-corrected chi connectivity index (χ2v) is 11.7. The molecule has 0 amide bonds. The van der Waals surface area contributed by atoms with Crippen LogP contribution < -0.4 is 17.2 Å². The van der Waals surface area contributed by atoms with Gasteiger partial charge >= 0.3 is 0 Å². The molecule has 0 aliphatic rings. The number of hydrogen-bond acceptors (Lipinski definition) is 3. The molecule has 0 heterocycles. The van der Waals surface area contributed by atoms with E-state index < -0.39 is 0 Å². The highest BCUT2D eigenvalue weighted by Gasteiger charge is 2.21. The van der Waals surface area contributed by atoms with Gasteiger partial charge in [-0.05, 0) is 201 Å². The molecule has 0 radical (unpaired) electrons. The first-order valence-corrected chi connectivity index (χ1v) is 13.8. The molecule has 0 aliphatic heterocycles. The van der Waals surface area contributed by atoms with Crippen LogP contribution in [0.15, 0.2) is 18.2 Å². The molecule has 6 N–H and O–H groups in total. The molecule has 4 rings (SSSR count). The third kappa shape index (κ3) is 4.19. The predicted molar refractivity (Wildman–Crippen MR) is 173 cm³/mol. The SMILES string of the molecule is Cc1c(C)c(-c2cc(-c3c(C)c(C)c(N)c(C)c3C)cc(-c3c(C)c(C)c(N)c(C)c3C)c2)c(C)c(C)c1N. The summed E-state index contributed by atoms with van der Waals surface area (Å²) in [6, 6.07) is 7.08. The van der Waals surface area contributed by atoms with Gasteiger partial charge < -0.3 is 17.2 Å². The Morgan fingerprint density at radius 1 is 0.282 bits per heavy atom. The van der Waals surface area contributed by atoms with Crippen molar-refractivity contribution in [2.75, 3.05) is 17.2 Å². The Morgan fingerprint density at radius 3 is 0.590 bits per heavy atom. The number of hydrogen-bond donors (Lipinski definition) is 3. The third-order valence-electron chi connectivity index (χ3n) is 9.85. The summed E-state index contributed by atoms with van der Waals surface area (Å²) in [6.45, 7) is 26.0. The van der Waals surface area contributed by atoms with Crippen molar-refractivity contribution in [2.45, 2.75) is 83.1 Å². The van der Waals surface area contributed by atoms with Crippen LogP contribution in [0.2, 0.25) is 0 Å². The summed E-state index contributed by atoms with van der Waals surface area (Å²) in [5.74, 6) is 0. The molecule has 0 bridgehead atoms. The van der Waals surface area contributed by atoms with E-state index >= 15 is 0 Å². The number of nitrogens with two attached hydrogens (primary N) is 3. The quantitative estimate of drug-likeness (QED) is 0.236. The summed E-state index contributed by atoms with van der Waals surface area (Å²) in [6.07, 6.45) is 0. The maximum absolute atomic E-state index is 6.52. The van der Waals surface area contributed by atoms with Crippen LogP contribution in [0.1, 0.15) is 66.8 Å². The zero-order valence-corrected chi connectivity index (χ0v) is 26.0. The second-order valence-electron chi connectivity index (χ2n) is 11.7. The molecule has 204 valence electrons. The van der Waals surface area contributed by atoms with E-state index in [2.05, 4.69) is 101 Å². The highest BCUT2D eigenvalue weighted by molar-refractivity contribution is 5.90. The monoisotopic (exact) mass is 519 g/mol. The van der Waals surface area contributed by atoms with E-state index in [1.165, 1.54) is 66.8 Å². The number of nitrogen functional groups attached to an aromatic ring is 3. The van der Waals surface area contributed by atoms with Crippen LogP contribution in [0.25, 0.3) is 33.4 Å². The van der Waals surface area contributed by atoms with E-state index in [1.807, 2.05) is 0 Å². The lowest BCUT2D eigenvalue weighted by Gasteiger charge is -2.24. The van der Waals surface area contributed by atoms with Gasteiger partial charge in [0.1, 0.15) is 0 Å². The summed E-state index contributed by atoms with van der Waals surface area (Å²) >= 11 is 0. The maximum atomic E-state index is 6.52. The van der Waals surface area contributed by atoms with Gasteiger partial charge in [-0.1, -0.05) is 0 Å². The van der Waals surface area contributed by atoms with Crippen LogP contribution in [-0.2, 0) is 0 Å². The minimum Gasteiger partial charge on any atom is -0.398 e. The normalized spacial score (nSPS) is 11.4. The first kappa shape index (κ1) is 28.3. The molecular formula is C36H45N3. The molecule has 3 heteroatoms. The Bertz CT molecular complexity index is 1390. The summed E-state index contributed by atoms with van der Waals surface area (Å²) in [5, 5.41) is 0. The fraction of sp³-hybridized carbons (Fsp3) is 0.333. The lowest BCUT2D eigenvalue weighted by Crippen LogP contribution is -2.05. The largest absolute Gasteiger partial charge is 0.398 e. The molecule has 0 saturated heterocycles. The van der Waals surface area contributed by atoms with Crippen molar-refractivity contribution in [2.24, 2.45) is 0 Å². The van der Waals surface area contributed by atoms with Crippen molar-refractivity contribution in [3.05, 3.63) is 85.0 Å². The zero-order chi connectivity index (χ0) is 29.2. The third-order valence-corrected chi connectivity index (χ3v) is 9.85. The van der Waals surface area contributed by atoms with Crippen LogP contribution in [0.3, 0.4) is 0 Å². The molecule has 0 spiro atoms. The van der Waals surface area contributed by atoms with Gasteiger partial charge in [0.25, 0.3) is 0 Å². The molecule has 0 atom stereocenters. The molecule has 0 unspecified atom stereocenters. The van der Waals surface area contributed by atoms with Crippen molar-refractivity contribution in [3.8, 4) is 33.4 Å². The number of benzene rings is 4. The minimum atomic E-state index is 0.887. The van der Waals surface area contributed by atoms with E-state index in [-0.39, 0.29) is 0 Å². The highest BCUT2D eigenvalue weighted by Crippen LogP contribution is 2.44. The standard InChI is InChI=1S/C36H45N3/c1-16-22(7)34(37)23(8)17(2)31(16)28-13-29(32-18(3)24(9)35(38)25(10)19(32)4)15-30(14-28)33-20(5)26(11)36(39)27(12)21(33)6/h13-15H,37-39H2,1-12H3. The van der Waals surface area contributed by atoms with Crippen LogP contribution in [0.4, 0.5) is 17.1 Å². The van der Waals surface area contributed by atoms with Crippen molar-refractivity contribution < 1.29 is 0 Å². The van der Waals surface area contributed by atoms with Gasteiger partial charge in [-0.2, -0.15) is 0 Å². The van der Waals surface area contributed by atoms with E-state index in [4.69, 9.17) is 17.2 Å². The average Bonchev–Trinajstić information content (AvgIpc) is 2.91. The van der Waals surface area contributed by atoms with Gasteiger partial charge in [-0.3, -0.25) is 0 Å². The van der Waals surface area contributed by atoms with E-state index in [9.17, 15) is 0 Å². The molecule has 4 aromatic rings. The molecule has 0 aliphatic carbocycles. The fourth-order valence-corrected chi connectivity index (χ4v) is 6.38. The van der Waals surface area contributed by atoms with Crippen LogP contribution in [0.5, 0.6) is 0 Å². The molecular weight excluding hydrogens is 474 g/mol. The first-order valence-electron chi connectivity index (χ1n) is 13.8. The van der Waals surface area contributed by atoms with E-state index in [0.717, 1.165) is 50.4 Å². The Labute approximate surface area is 235 Å². The van der Waals surface area contributed by atoms with Crippen molar-refractivity contribution in [1.29, 1.82) is 0 Å². The van der Waals surface area contributed by atoms with Crippen molar-refractivity contribution in [1.82, 2.24) is 0 Å². The zero-order valence-electron chi connectivity index (χ0n) is 26.0. The predicted octanol–water partition coefficient (Wildman–Crippen LogP) is 9.14. The van der Waals surface area contributed by atoms with Gasteiger partial charge in [0.2, 0.25) is 0 Å². The smallest absolute Gasteiger partial charge is 0.0379 e. The van der Waals surface area contributed by atoms with Gasteiger partial charge in [-0.15, -0.1) is 0 Å². The van der Waals surface area contributed by atoms with Gasteiger partial charge in [-0.25, -0.2) is 0 Å². The van der Waals surface area contributed by atoms with E-state index in [0.29, 0.717) is 0 Å². The Kier molecular flexibility index (Phi) is 7.10. The molecule has 0 saturated carbocycles. The van der Waals surface area contributed by atoms with Crippen LogP contribution >= 0.6 is 0 Å². The molecule has 0 fully saturated rings. The summed E-state index contributed by atoms with van der Waals surface area (Å²) in [5.41, 5.74) is 43.9. The molecule has 0 aromatic heterocycles. The van der Waals surface area contributed by atoms with Gasteiger partial charge in [0.05, 0.1) is 0 Å². The van der Waals surface area contributed by atoms with Crippen molar-refractivity contribution >= 4 is 17.1 Å².